The SMILES string of the molecule is Cc1cc(C)cc(-c2c(OCC[C@@H]3CCC[C@@H](C)N3)c3cc(C(=O)Nc4ccncn4)c(Cl)cc3[nH]c2=O)c1. The van der Waals surface area contributed by atoms with Crippen LogP contribution in [0.5, 0.6) is 5.75 Å². The van der Waals surface area contributed by atoms with Crippen LogP contribution in [0.15, 0.2) is 53.7 Å². The van der Waals surface area contributed by atoms with Crippen LogP contribution in [0.25, 0.3) is 22.0 Å². The van der Waals surface area contributed by atoms with Gasteiger partial charge in [0.15, 0.2) is 0 Å². The third kappa shape index (κ3) is 6.13. The zero-order chi connectivity index (χ0) is 27.5. The lowest BCUT2D eigenvalue weighted by molar-refractivity contribution is 0.102. The van der Waals surface area contributed by atoms with Gasteiger partial charge in [0.05, 0.1) is 28.3 Å². The van der Waals surface area contributed by atoms with Gasteiger partial charge in [0, 0.05) is 23.7 Å². The highest BCUT2D eigenvalue weighted by Gasteiger charge is 2.22. The van der Waals surface area contributed by atoms with Gasteiger partial charge in [0.2, 0.25) is 0 Å². The molecule has 5 rings (SSSR count). The van der Waals surface area contributed by atoms with Crippen molar-refractivity contribution in [2.75, 3.05) is 11.9 Å². The van der Waals surface area contributed by atoms with Crippen molar-refractivity contribution < 1.29 is 9.53 Å². The van der Waals surface area contributed by atoms with Crippen molar-refractivity contribution in [3.05, 3.63) is 81.0 Å². The predicted octanol–water partition coefficient (Wildman–Crippen LogP) is 5.81. The molecule has 0 bridgehead atoms. The maximum Gasteiger partial charge on any atom is 0.260 e. The number of carbonyl (C=O) groups is 1. The molecule has 2 aromatic heterocycles. The van der Waals surface area contributed by atoms with E-state index in [4.69, 9.17) is 16.3 Å². The number of amides is 1. The molecule has 1 saturated heterocycles. The van der Waals surface area contributed by atoms with Crippen LogP contribution in [-0.4, -0.2) is 39.5 Å². The average Bonchev–Trinajstić information content (AvgIpc) is 2.88. The molecule has 39 heavy (non-hydrogen) atoms. The van der Waals surface area contributed by atoms with Crippen LogP contribution >= 0.6 is 11.6 Å². The first-order chi connectivity index (χ1) is 18.8. The summed E-state index contributed by atoms with van der Waals surface area (Å²) in [5.41, 5.74) is 3.74. The number of hydrogen-bond acceptors (Lipinski definition) is 6. The fourth-order valence-corrected chi connectivity index (χ4v) is 5.56. The van der Waals surface area contributed by atoms with Gasteiger partial charge in [-0.3, -0.25) is 9.59 Å². The molecule has 8 nitrogen and oxygen atoms in total. The number of carbonyl (C=O) groups excluding carboxylic acids is 1. The molecule has 2 atom stereocenters. The van der Waals surface area contributed by atoms with Gasteiger partial charge >= 0.3 is 0 Å². The van der Waals surface area contributed by atoms with E-state index in [1.807, 2.05) is 26.0 Å². The minimum Gasteiger partial charge on any atom is -0.492 e. The number of H-pyrrole nitrogens is 1. The molecule has 0 aliphatic carbocycles. The second-order valence-corrected chi connectivity index (χ2v) is 10.7. The molecule has 1 aliphatic rings. The van der Waals surface area contributed by atoms with Crippen LogP contribution < -0.4 is 20.9 Å². The van der Waals surface area contributed by atoms with Gasteiger partial charge in [-0.25, -0.2) is 9.97 Å². The van der Waals surface area contributed by atoms with Gasteiger partial charge < -0.3 is 20.4 Å². The van der Waals surface area contributed by atoms with E-state index >= 15 is 0 Å². The Hall–Kier alpha value is -3.75. The molecule has 1 aliphatic heterocycles. The molecular weight excluding hydrogens is 514 g/mol. The number of aromatic nitrogens is 3. The van der Waals surface area contributed by atoms with E-state index in [1.54, 1.807) is 24.4 Å². The summed E-state index contributed by atoms with van der Waals surface area (Å²) in [4.78, 5) is 37.5. The summed E-state index contributed by atoms with van der Waals surface area (Å²) in [5.74, 6) is 0.371. The minimum absolute atomic E-state index is 0.204. The first-order valence-corrected chi connectivity index (χ1v) is 13.6. The molecule has 9 heteroatoms. The summed E-state index contributed by atoms with van der Waals surface area (Å²) in [6, 6.07) is 11.7. The van der Waals surface area contributed by atoms with Gasteiger partial charge in [-0.15, -0.1) is 0 Å². The van der Waals surface area contributed by atoms with Crippen molar-refractivity contribution in [2.45, 2.75) is 58.5 Å². The standard InChI is InChI=1S/C30H32ClN5O3/c1-17-11-18(2)13-20(12-17)27-28(39-10-8-21-6-4-5-19(3)34-21)23-14-22(24(31)15-25(23)35-30(27)38)29(37)36-26-7-9-32-16-33-26/h7,9,11-16,19,21,34H,4-6,8,10H2,1-3H3,(H,35,38)(H,32,33,36,37)/t19-,21+/m1/s1. The van der Waals surface area contributed by atoms with Crippen molar-refractivity contribution in [3.63, 3.8) is 0 Å². The third-order valence-electron chi connectivity index (χ3n) is 7.06. The highest BCUT2D eigenvalue weighted by atomic mass is 35.5. The molecule has 202 valence electrons. The summed E-state index contributed by atoms with van der Waals surface area (Å²) in [7, 11) is 0. The number of halogens is 1. The Balaban J connectivity index is 1.59. The topological polar surface area (TPSA) is 109 Å². The van der Waals surface area contributed by atoms with Crippen LogP contribution in [0.2, 0.25) is 5.02 Å². The van der Waals surface area contributed by atoms with E-state index < -0.39 is 5.91 Å². The van der Waals surface area contributed by atoms with Gasteiger partial charge in [0.1, 0.15) is 17.9 Å². The minimum atomic E-state index is -0.425. The number of pyridine rings is 1. The highest BCUT2D eigenvalue weighted by Crippen LogP contribution is 2.37. The van der Waals surface area contributed by atoms with Crippen LogP contribution in [0.1, 0.15) is 54.1 Å². The zero-order valence-corrected chi connectivity index (χ0v) is 23.1. The smallest absolute Gasteiger partial charge is 0.260 e. The van der Waals surface area contributed by atoms with Crippen molar-refractivity contribution in [3.8, 4) is 16.9 Å². The fourth-order valence-electron chi connectivity index (χ4n) is 5.31. The van der Waals surface area contributed by atoms with Gasteiger partial charge in [0.25, 0.3) is 11.5 Å². The first-order valence-electron chi connectivity index (χ1n) is 13.2. The number of aryl methyl sites for hydroxylation is 2. The number of nitrogens with one attached hydrogen (secondary N) is 3. The molecule has 1 amide bonds. The zero-order valence-electron chi connectivity index (χ0n) is 22.3. The number of rotatable bonds is 7. The Morgan fingerprint density at radius 2 is 1.95 bits per heavy atom. The molecule has 2 aromatic carbocycles. The largest absolute Gasteiger partial charge is 0.492 e. The van der Waals surface area contributed by atoms with E-state index in [2.05, 4.69) is 38.6 Å². The van der Waals surface area contributed by atoms with Crippen LogP contribution in [0.3, 0.4) is 0 Å². The Labute approximate surface area is 232 Å². The number of piperidine rings is 1. The number of aromatic amines is 1. The van der Waals surface area contributed by atoms with Crippen molar-refractivity contribution >= 4 is 34.2 Å². The first kappa shape index (κ1) is 26.8. The lowest BCUT2D eigenvalue weighted by Gasteiger charge is -2.28. The van der Waals surface area contributed by atoms with E-state index in [1.165, 1.54) is 19.2 Å². The second-order valence-electron chi connectivity index (χ2n) is 10.3. The van der Waals surface area contributed by atoms with E-state index in [0.29, 0.717) is 46.7 Å². The Morgan fingerprint density at radius 1 is 1.15 bits per heavy atom. The Kier molecular flexibility index (Phi) is 7.95. The monoisotopic (exact) mass is 545 g/mol. The molecule has 1 fully saturated rings. The number of anilines is 1. The maximum absolute atomic E-state index is 13.5. The summed E-state index contributed by atoms with van der Waals surface area (Å²) in [5, 5.41) is 7.20. The molecule has 0 saturated carbocycles. The Bertz CT molecular complexity index is 1550. The number of hydrogen-bond donors (Lipinski definition) is 3. The van der Waals surface area contributed by atoms with Gasteiger partial charge in [-0.1, -0.05) is 47.3 Å². The number of benzene rings is 2. The number of fused-ring (bicyclic) bond motifs is 1. The molecule has 4 aromatic rings. The van der Waals surface area contributed by atoms with Crippen molar-refractivity contribution in [1.29, 1.82) is 0 Å². The molecule has 0 radical (unpaired) electrons. The summed E-state index contributed by atoms with van der Waals surface area (Å²) in [6.07, 6.45) is 7.15. The predicted molar refractivity (Wildman–Crippen MR) is 155 cm³/mol. The van der Waals surface area contributed by atoms with E-state index in [0.717, 1.165) is 29.5 Å². The Morgan fingerprint density at radius 3 is 2.67 bits per heavy atom. The summed E-state index contributed by atoms with van der Waals surface area (Å²) >= 11 is 6.52. The second kappa shape index (κ2) is 11.6. The van der Waals surface area contributed by atoms with E-state index in [9.17, 15) is 9.59 Å². The average molecular weight is 546 g/mol. The third-order valence-corrected chi connectivity index (χ3v) is 7.37. The fraction of sp³-hybridized carbons (Fsp3) is 0.333. The normalized spacial score (nSPS) is 17.2. The molecule has 3 N–H and O–H groups in total. The summed E-state index contributed by atoms with van der Waals surface area (Å²) < 4.78 is 6.44. The summed E-state index contributed by atoms with van der Waals surface area (Å²) in [6.45, 7) is 6.62. The molecule has 3 heterocycles. The van der Waals surface area contributed by atoms with Crippen molar-refractivity contribution in [2.24, 2.45) is 0 Å². The lowest BCUT2D eigenvalue weighted by atomic mass is 9.97. The number of nitrogens with zero attached hydrogens (tertiary/aromatic N) is 2. The molecular formula is C30H32ClN5O3. The van der Waals surface area contributed by atoms with Gasteiger partial charge in [-0.2, -0.15) is 0 Å². The molecule has 0 spiro atoms. The van der Waals surface area contributed by atoms with Crippen LogP contribution in [-0.2, 0) is 0 Å². The van der Waals surface area contributed by atoms with E-state index in [-0.39, 0.29) is 16.1 Å². The van der Waals surface area contributed by atoms with Crippen molar-refractivity contribution in [1.82, 2.24) is 20.3 Å². The highest BCUT2D eigenvalue weighted by molar-refractivity contribution is 6.35. The van der Waals surface area contributed by atoms with Crippen LogP contribution in [0, 0.1) is 13.8 Å². The lowest BCUT2D eigenvalue weighted by Crippen LogP contribution is -2.41. The maximum atomic E-state index is 13.5. The number of ether oxygens (including phenoxy) is 1. The molecule has 0 unspecified atom stereocenters. The quantitative estimate of drug-likeness (QED) is 0.270. The van der Waals surface area contributed by atoms with Crippen LogP contribution in [0.4, 0.5) is 5.82 Å². The van der Waals surface area contributed by atoms with Gasteiger partial charge in [-0.05, 0) is 63.8 Å².